The molecule has 168 valence electrons. The molecule has 2 aromatic carbocycles. The van der Waals surface area contributed by atoms with Crippen LogP contribution < -0.4 is 12.4 Å². The molecular formula is C28H44ClN. The van der Waals surface area contributed by atoms with Gasteiger partial charge < -0.3 is 16.9 Å². The first kappa shape index (κ1) is 26.7. The van der Waals surface area contributed by atoms with Crippen molar-refractivity contribution in [3.8, 4) is 0 Å². The van der Waals surface area contributed by atoms with E-state index in [4.69, 9.17) is 0 Å². The second-order valence-corrected chi connectivity index (χ2v) is 9.12. The molecule has 2 atom stereocenters. The number of benzene rings is 2. The van der Waals surface area contributed by atoms with Crippen molar-refractivity contribution in [3.63, 3.8) is 0 Å². The second-order valence-electron chi connectivity index (χ2n) is 9.12. The number of hydrogen-bond acceptors (Lipinski definition) is 0. The van der Waals surface area contributed by atoms with Gasteiger partial charge in [0.2, 0.25) is 0 Å². The number of nitrogens with zero attached hydrogens (tertiary/aromatic N) is 1. The minimum absolute atomic E-state index is 0. The highest BCUT2D eigenvalue weighted by Gasteiger charge is 2.30. The molecule has 0 N–H and O–H groups in total. The Hall–Kier alpha value is -1.31. The average molecular weight is 430 g/mol. The smallest absolute Gasteiger partial charge is 0.112 e. The van der Waals surface area contributed by atoms with Gasteiger partial charge in [-0.15, -0.1) is 0 Å². The molecule has 1 nitrogen and oxygen atoms in total. The molecule has 0 amide bonds. The molecule has 2 heteroatoms. The Morgan fingerprint density at radius 2 is 1.13 bits per heavy atom. The molecule has 0 bridgehead atoms. The monoisotopic (exact) mass is 429 g/mol. The average Bonchev–Trinajstić information content (AvgIpc) is 2.76. The van der Waals surface area contributed by atoms with Gasteiger partial charge in [0.1, 0.15) is 12.6 Å². The molecule has 0 aromatic heterocycles. The van der Waals surface area contributed by atoms with Crippen molar-refractivity contribution in [3.05, 3.63) is 71.8 Å². The van der Waals surface area contributed by atoms with Crippen LogP contribution in [0.5, 0.6) is 0 Å². The van der Waals surface area contributed by atoms with Gasteiger partial charge >= 0.3 is 0 Å². The molecule has 0 aliphatic rings. The third kappa shape index (κ3) is 9.67. The Kier molecular flexibility index (Phi) is 13.8. The molecule has 30 heavy (non-hydrogen) atoms. The zero-order valence-electron chi connectivity index (χ0n) is 19.7. The number of hydrogen-bond donors (Lipinski definition) is 0. The largest absolute Gasteiger partial charge is 1.00 e. The summed E-state index contributed by atoms with van der Waals surface area (Å²) >= 11 is 0. The van der Waals surface area contributed by atoms with Gasteiger partial charge in [-0.05, 0) is 19.8 Å². The third-order valence-corrected chi connectivity index (χ3v) is 6.63. The highest BCUT2D eigenvalue weighted by molar-refractivity contribution is 5.18. The summed E-state index contributed by atoms with van der Waals surface area (Å²) in [6.45, 7) is 7.06. The number of halogens is 1. The van der Waals surface area contributed by atoms with Gasteiger partial charge in [-0.3, -0.25) is 0 Å². The lowest BCUT2D eigenvalue weighted by Crippen LogP contribution is -3.00. The summed E-state index contributed by atoms with van der Waals surface area (Å²) in [6.07, 6.45) is 14.0. The molecule has 2 rings (SSSR count). The van der Waals surface area contributed by atoms with Gasteiger partial charge in [-0.25, -0.2) is 0 Å². The lowest BCUT2D eigenvalue weighted by molar-refractivity contribution is -0.950. The summed E-state index contributed by atoms with van der Waals surface area (Å²) < 4.78 is 1.09. The van der Waals surface area contributed by atoms with Crippen LogP contribution in [-0.4, -0.2) is 18.1 Å². The van der Waals surface area contributed by atoms with Crippen molar-refractivity contribution in [1.29, 1.82) is 0 Å². The summed E-state index contributed by atoms with van der Waals surface area (Å²) in [5.41, 5.74) is 2.91. The zero-order chi connectivity index (χ0) is 20.8. The fourth-order valence-electron chi connectivity index (χ4n) is 4.46. The summed E-state index contributed by atoms with van der Waals surface area (Å²) in [5.74, 6) is 0. The maximum atomic E-state index is 2.46. The van der Waals surface area contributed by atoms with Crippen molar-refractivity contribution >= 4 is 0 Å². The van der Waals surface area contributed by atoms with E-state index in [0.717, 1.165) is 11.0 Å². The van der Waals surface area contributed by atoms with Crippen molar-refractivity contribution in [1.82, 2.24) is 0 Å². The Balaban J connectivity index is 0.00000450. The van der Waals surface area contributed by atoms with Crippen LogP contribution in [-0.2, 0) is 6.54 Å². The second kappa shape index (κ2) is 15.5. The van der Waals surface area contributed by atoms with Gasteiger partial charge in [-0.1, -0.05) is 119 Å². The van der Waals surface area contributed by atoms with Crippen LogP contribution in [0.1, 0.15) is 95.2 Å². The van der Waals surface area contributed by atoms with Gasteiger partial charge in [-0.2, -0.15) is 0 Å². The maximum absolute atomic E-state index is 2.46. The van der Waals surface area contributed by atoms with Crippen LogP contribution in [0.15, 0.2) is 60.7 Å². The fourth-order valence-corrected chi connectivity index (χ4v) is 4.46. The third-order valence-electron chi connectivity index (χ3n) is 6.63. The molecule has 0 aliphatic carbocycles. The van der Waals surface area contributed by atoms with E-state index in [9.17, 15) is 0 Å². The highest BCUT2D eigenvalue weighted by atomic mass is 35.5. The molecule has 0 saturated carbocycles. The van der Waals surface area contributed by atoms with Gasteiger partial charge in [0, 0.05) is 11.1 Å². The van der Waals surface area contributed by atoms with E-state index in [1.807, 2.05) is 0 Å². The molecule has 0 heterocycles. The van der Waals surface area contributed by atoms with Crippen LogP contribution in [0.2, 0.25) is 0 Å². The predicted octanol–water partition coefficient (Wildman–Crippen LogP) is 5.32. The molecule has 2 unspecified atom stereocenters. The van der Waals surface area contributed by atoms with E-state index in [1.165, 1.54) is 81.9 Å². The van der Waals surface area contributed by atoms with Crippen molar-refractivity contribution in [2.45, 2.75) is 90.6 Å². The lowest BCUT2D eigenvalue weighted by atomic mass is 10.0. The molecular weight excluding hydrogens is 386 g/mol. The van der Waals surface area contributed by atoms with E-state index in [-0.39, 0.29) is 12.4 Å². The van der Waals surface area contributed by atoms with Crippen LogP contribution in [0, 0.1) is 0 Å². The van der Waals surface area contributed by atoms with Crippen molar-refractivity contribution in [2.75, 3.05) is 13.6 Å². The van der Waals surface area contributed by atoms with E-state index in [1.54, 1.807) is 0 Å². The van der Waals surface area contributed by atoms with Crippen molar-refractivity contribution in [2.24, 2.45) is 0 Å². The minimum atomic E-state index is 0. The first-order chi connectivity index (χ1) is 14.2. The van der Waals surface area contributed by atoms with Crippen LogP contribution in [0.25, 0.3) is 0 Å². The van der Waals surface area contributed by atoms with E-state index >= 15 is 0 Å². The SMILES string of the molecule is CCCCCCCCCCCC[N+](C)(Cc1ccccc1)C(C)c1ccccc1.[Cl-]. The highest BCUT2D eigenvalue weighted by Crippen LogP contribution is 2.30. The zero-order valence-corrected chi connectivity index (χ0v) is 20.4. The summed E-state index contributed by atoms with van der Waals surface area (Å²) in [5, 5.41) is 0. The molecule has 0 saturated heterocycles. The first-order valence-electron chi connectivity index (χ1n) is 12.1. The summed E-state index contributed by atoms with van der Waals surface area (Å²) in [7, 11) is 2.46. The summed E-state index contributed by atoms with van der Waals surface area (Å²) in [6, 6.07) is 22.6. The quantitative estimate of drug-likeness (QED) is 0.265. The molecule has 2 aromatic rings. The van der Waals surface area contributed by atoms with Crippen LogP contribution >= 0.6 is 0 Å². The van der Waals surface area contributed by atoms with Gasteiger partial charge in [0.05, 0.1) is 13.6 Å². The number of unbranched alkanes of at least 4 members (excludes halogenated alkanes) is 9. The maximum Gasteiger partial charge on any atom is 0.112 e. The molecule has 0 spiro atoms. The summed E-state index contributed by atoms with van der Waals surface area (Å²) in [4.78, 5) is 0. The fraction of sp³-hybridized carbons (Fsp3) is 0.571. The lowest BCUT2D eigenvalue weighted by Gasteiger charge is -2.40. The van der Waals surface area contributed by atoms with Crippen LogP contribution in [0.4, 0.5) is 0 Å². The Morgan fingerprint density at radius 1 is 0.667 bits per heavy atom. The van der Waals surface area contributed by atoms with E-state index in [2.05, 4.69) is 81.6 Å². The molecule has 0 radical (unpaired) electrons. The molecule has 0 fully saturated rings. The Labute approximate surface area is 192 Å². The topological polar surface area (TPSA) is 0 Å². The Morgan fingerprint density at radius 3 is 1.67 bits per heavy atom. The normalized spacial score (nSPS) is 14.0. The van der Waals surface area contributed by atoms with E-state index in [0.29, 0.717) is 6.04 Å². The van der Waals surface area contributed by atoms with Crippen molar-refractivity contribution < 1.29 is 16.9 Å². The minimum Gasteiger partial charge on any atom is -1.00 e. The van der Waals surface area contributed by atoms with Gasteiger partial charge in [0.15, 0.2) is 0 Å². The van der Waals surface area contributed by atoms with Crippen LogP contribution in [0.3, 0.4) is 0 Å². The number of rotatable bonds is 15. The molecule has 0 aliphatic heterocycles. The standard InChI is InChI=1S/C28H44N.ClH/c1-4-5-6-7-8-9-10-11-12-19-24-29(3,25-27-20-15-13-16-21-27)26(2)28-22-17-14-18-23-28;/h13-18,20-23,26H,4-12,19,24-25H2,1-3H3;1H/q+1;/p-1. The number of quaternary nitrogens is 1. The predicted molar refractivity (Wildman–Crippen MR) is 128 cm³/mol. The first-order valence-corrected chi connectivity index (χ1v) is 12.1. The Bertz CT molecular complexity index is 642. The van der Waals surface area contributed by atoms with E-state index < -0.39 is 0 Å². The van der Waals surface area contributed by atoms with Gasteiger partial charge in [0.25, 0.3) is 0 Å².